The molecule has 0 radical (unpaired) electrons. The van der Waals surface area contributed by atoms with Gasteiger partial charge in [-0.1, -0.05) is 24.3 Å². The van der Waals surface area contributed by atoms with Gasteiger partial charge in [0.1, 0.15) is 0 Å². The van der Waals surface area contributed by atoms with Gasteiger partial charge in [-0.25, -0.2) is 4.98 Å². The number of aliphatic hydroxyl groups is 1. The van der Waals surface area contributed by atoms with E-state index < -0.39 is 6.04 Å². The van der Waals surface area contributed by atoms with Crippen LogP contribution >= 0.6 is 0 Å². The molecule has 1 unspecified atom stereocenters. The molecular weight excluding hydrogens is 252 g/mol. The number of hydrogen-bond acceptors (Lipinski definition) is 4. The van der Waals surface area contributed by atoms with Gasteiger partial charge in [-0.3, -0.25) is 4.98 Å². The van der Waals surface area contributed by atoms with Gasteiger partial charge in [0.2, 0.25) is 0 Å². The first-order chi connectivity index (χ1) is 9.79. The summed E-state index contributed by atoms with van der Waals surface area (Å²) < 4.78 is 1.95. The second-order valence-corrected chi connectivity index (χ2v) is 4.73. The van der Waals surface area contributed by atoms with Gasteiger partial charge in [0.05, 0.1) is 36.7 Å². The standard InChI is InChI=1S/C15H16N4O/c16-13(9-20)14-7-17-10-19(14)8-12-4-1-3-11-5-2-6-18-15(11)12/h1-7,10,13,20H,8-9,16H2. The lowest BCUT2D eigenvalue weighted by atomic mass is 10.1. The van der Waals surface area contributed by atoms with Gasteiger partial charge in [-0.15, -0.1) is 0 Å². The molecule has 0 fully saturated rings. The van der Waals surface area contributed by atoms with Crippen LogP contribution in [0.25, 0.3) is 10.9 Å². The van der Waals surface area contributed by atoms with Crippen LogP contribution < -0.4 is 5.73 Å². The van der Waals surface area contributed by atoms with Crippen molar-refractivity contribution < 1.29 is 5.11 Å². The Labute approximate surface area is 116 Å². The largest absolute Gasteiger partial charge is 0.394 e. The molecule has 102 valence electrons. The lowest BCUT2D eigenvalue weighted by molar-refractivity contribution is 0.263. The molecule has 0 saturated heterocycles. The highest BCUT2D eigenvalue weighted by Crippen LogP contribution is 2.18. The predicted molar refractivity (Wildman–Crippen MR) is 77.1 cm³/mol. The highest BCUT2D eigenvalue weighted by molar-refractivity contribution is 5.81. The van der Waals surface area contributed by atoms with Crippen molar-refractivity contribution in [3.8, 4) is 0 Å². The second kappa shape index (κ2) is 5.40. The number of rotatable bonds is 4. The Balaban J connectivity index is 2.00. The highest BCUT2D eigenvalue weighted by atomic mass is 16.3. The minimum Gasteiger partial charge on any atom is -0.394 e. The summed E-state index contributed by atoms with van der Waals surface area (Å²) in [7, 11) is 0. The minimum atomic E-state index is -0.416. The summed E-state index contributed by atoms with van der Waals surface area (Å²) in [5, 5.41) is 10.3. The number of para-hydroxylation sites is 1. The summed E-state index contributed by atoms with van der Waals surface area (Å²) in [5.41, 5.74) is 8.78. The van der Waals surface area contributed by atoms with Crippen LogP contribution in [0.4, 0.5) is 0 Å². The maximum atomic E-state index is 9.19. The van der Waals surface area contributed by atoms with E-state index >= 15 is 0 Å². The number of aromatic nitrogens is 3. The molecule has 3 aromatic rings. The van der Waals surface area contributed by atoms with Gasteiger partial charge in [0.25, 0.3) is 0 Å². The van der Waals surface area contributed by atoms with Crippen LogP contribution in [0.5, 0.6) is 0 Å². The Bertz CT molecular complexity index is 717. The van der Waals surface area contributed by atoms with Crippen LogP contribution in [0, 0.1) is 0 Å². The van der Waals surface area contributed by atoms with E-state index in [1.807, 2.05) is 34.9 Å². The van der Waals surface area contributed by atoms with E-state index in [-0.39, 0.29) is 6.61 Å². The Morgan fingerprint density at radius 1 is 1.25 bits per heavy atom. The van der Waals surface area contributed by atoms with Gasteiger partial charge < -0.3 is 15.4 Å². The monoisotopic (exact) mass is 268 g/mol. The zero-order valence-electron chi connectivity index (χ0n) is 11.0. The van der Waals surface area contributed by atoms with Crippen LogP contribution in [0.3, 0.4) is 0 Å². The zero-order chi connectivity index (χ0) is 13.9. The number of fused-ring (bicyclic) bond motifs is 1. The highest BCUT2D eigenvalue weighted by Gasteiger charge is 2.11. The van der Waals surface area contributed by atoms with Crippen molar-refractivity contribution >= 4 is 10.9 Å². The van der Waals surface area contributed by atoms with E-state index in [0.717, 1.165) is 22.2 Å². The van der Waals surface area contributed by atoms with Crippen molar-refractivity contribution in [3.05, 3.63) is 60.3 Å². The molecule has 0 aliphatic carbocycles. The van der Waals surface area contributed by atoms with Gasteiger partial charge in [-0.2, -0.15) is 0 Å². The van der Waals surface area contributed by atoms with Gasteiger partial charge in [0.15, 0.2) is 0 Å². The third kappa shape index (κ3) is 2.29. The lowest BCUT2D eigenvalue weighted by Gasteiger charge is -2.13. The fraction of sp³-hybridized carbons (Fsp3) is 0.200. The first-order valence-corrected chi connectivity index (χ1v) is 6.48. The molecule has 1 atom stereocenters. The quantitative estimate of drug-likeness (QED) is 0.751. The molecule has 0 aliphatic rings. The second-order valence-electron chi connectivity index (χ2n) is 4.73. The van der Waals surface area contributed by atoms with Crippen LogP contribution in [-0.2, 0) is 6.54 Å². The molecule has 3 rings (SSSR count). The van der Waals surface area contributed by atoms with E-state index in [1.165, 1.54) is 0 Å². The maximum absolute atomic E-state index is 9.19. The summed E-state index contributed by atoms with van der Waals surface area (Å²) in [5.74, 6) is 0. The third-order valence-corrected chi connectivity index (χ3v) is 3.38. The van der Waals surface area contributed by atoms with Crippen molar-refractivity contribution in [2.75, 3.05) is 6.61 Å². The predicted octanol–water partition coefficient (Wildman–Crippen LogP) is 1.47. The number of nitrogens with two attached hydrogens (primary N) is 1. The molecule has 2 heterocycles. The Morgan fingerprint density at radius 3 is 2.95 bits per heavy atom. The van der Waals surface area contributed by atoms with Crippen molar-refractivity contribution in [2.24, 2.45) is 5.73 Å². The summed E-state index contributed by atoms with van der Waals surface area (Å²) in [6.07, 6.45) is 5.21. The average Bonchev–Trinajstić information content (AvgIpc) is 2.95. The molecule has 2 aromatic heterocycles. The topological polar surface area (TPSA) is 77.0 Å². The summed E-state index contributed by atoms with van der Waals surface area (Å²) in [6.45, 7) is 0.539. The summed E-state index contributed by atoms with van der Waals surface area (Å²) >= 11 is 0. The van der Waals surface area contributed by atoms with E-state index in [9.17, 15) is 5.11 Å². The van der Waals surface area contributed by atoms with E-state index in [1.54, 1.807) is 18.7 Å². The average molecular weight is 268 g/mol. The number of imidazole rings is 1. The van der Waals surface area contributed by atoms with Crippen LogP contribution in [0.15, 0.2) is 49.1 Å². The van der Waals surface area contributed by atoms with Gasteiger partial charge in [-0.05, 0) is 11.6 Å². The molecule has 0 amide bonds. The van der Waals surface area contributed by atoms with Gasteiger partial charge >= 0.3 is 0 Å². The minimum absolute atomic E-state index is 0.0977. The molecule has 0 aliphatic heterocycles. The molecule has 5 nitrogen and oxygen atoms in total. The fourth-order valence-electron chi connectivity index (χ4n) is 2.34. The van der Waals surface area contributed by atoms with E-state index in [4.69, 9.17) is 5.73 Å². The van der Waals surface area contributed by atoms with Crippen LogP contribution in [0.1, 0.15) is 17.3 Å². The zero-order valence-corrected chi connectivity index (χ0v) is 11.0. The normalized spacial score (nSPS) is 12.7. The molecule has 5 heteroatoms. The number of nitrogens with zero attached hydrogens (tertiary/aromatic N) is 3. The molecular formula is C15H16N4O. The number of pyridine rings is 1. The maximum Gasteiger partial charge on any atom is 0.0951 e. The number of benzene rings is 1. The number of aliphatic hydroxyl groups excluding tert-OH is 1. The SMILES string of the molecule is NC(CO)c1cncn1Cc1cccc2cccnc12. The Kier molecular flexibility index (Phi) is 3.45. The van der Waals surface area contributed by atoms with Crippen molar-refractivity contribution in [1.82, 2.24) is 14.5 Å². The van der Waals surface area contributed by atoms with Gasteiger partial charge in [0, 0.05) is 17.8 Å². The molecule has 0 spiro atoms. The van der Waals surface area contributed by atoms with Crippen molar-refractivity contribution in [3.63, 3.8) is 0 Å². The Morgan fingerprint density at radius 2 is 2.10 bits per heavy atom. The molecule has 0 bridgehead atoms. The fourth-order valence-corrected chi connectivity index (χ4v) is 2.34. The smallest absolute Gasteiger partial charge is 0.0951 e. The van der Waals surface area contributed by atoms with E-state index in [0.29, 0.717) is 6.54 Å². The van der Waals surface area contributed by atoms with E-state index in [2.05, 4.69) is 9.97 Å². The summed E-state index contributed by atoms with van der Waals surface area (Å²) in [4.78, 5) is 8.56. The molecule has 20 heavy (non-hydrogen) atoms. The van der Waals surface area contributed by atoms with Crippen molar-refractivity contribution in [2.45, 2.75) is 12.6 Å². The van der Waals surface area contributed by atoms with Crippen LogP contribution in [0.2, 0.25) is 0 Å². The van der Waals surface area contributed by atoms with Crippen LogP contribution in [-0.4, -0.2) is 26.2 Å². The summed E-state index contributed by atoms with van der Waals surface area (Å²) in [6, 6.07) is 9.66. The number of hydrogen-bond donors (Lipinski definition) is 2. The first-order valence-electron chi connectivity index (χ1n) is 6.48. The van der Waals surface area contributed by atoms with Crippen molar-refractivity contribution in [1.29, 1.82) is 0 Å². The lowest BCUT2D eigenvalue weighted by Crippen LogP contribution is -2.19. The molecule has 1 aromatic carbocycles. The molecule has 3 N–H and O–H groups in total. The first kappa shape index (κ1) is 12.8. The third-order valence-electron chi connectivity index (χ3n) is 3.38. The molecule has 0 saturated carbocycles. The Hall–Kier alpha value is -2.24.